The first-order valence-corrected chi connectivity index (χ1v) is 5.90. The Hall–Kier alpha value is -0.340. The fourth-order valence-electron chi connectivity index (χ4n) is 3.34. The van der Waals surface area contributed by atoms with Gasteiger partial charge in [0.05, 0.1) is 6.61 Å². The van der Waals surface area contributed by atoms with E-state index in [1.807, 2.05) is 6.08 Å². The average molecular weight is 211 g/mol. The van der Waals surface area contributed by atoms with Crippen molar-refractivity contribution in [2.45, 2.75) is 45.6 Å². The summed E-state index contributed by atoms with van der Waals surface area (Å²) >= 11 is 0. The minimum atomic E-state index is -0.0879. The third-order valence-corrected chi connectivity index (χ3v) is 3.38. The predicted molar refractivity (Wildman–Crippen MR) is 64.8 cm³/mol. The molecule has 0 aliphatic heterocycles. The molecule has 0 heterocycles. The van der Waals surface area contributed by atoms with E-state index < -0.39 is 0 Å². The molecule has 0 spiro atoms. The van der Waals surface area contributed by atoms with Crippen molar-refractivity contribution in [2.24, 2.45) is 11.3 Å². The Morgan fingerprint density at radius 2 is 2.13 bits per heavy atom. The van der Waals surface area contributed by atoms with E-state index >= 15 is 0 Å². The maximum absolute atomic E-state index is 9.62. The largest absolute Gasteiger partial charge is 0.394 e. The minimum absolute atomic E-state index is 0.0879. The first kappa shape index (κ1) is 12.7. The molecule has 0 amide bonds. The second-order valence-corrected chi connectivity index (χ2v) is 5.96. The van der Waals surface area contributed by atoms with Gasteiger partial charge in [-0.05, 0) is 30.6 Å². The Labute approximate surface area is 93.8 Å². The molecule has 15 heavy (non-hydrogen) atoms. The molecule has 0 aromatic carbocycles. The number of aliphatic hydroxyl groups is 1. The maximum Gasteiger partial charge on any atom is 0.0613 e. The second-order valence-electron chi connectivity index (χ2n) is 5.96. The molecule has 2 heteroatoms. The molecule has 0 bridgehead atoms. The van der Waals surface area contributed by atoms with Crippen LogP contribution in [-0.2, 0) is 0 Å². The van der Waals surface area contributed by atoms with Gasteiger partial charge >= 0.3 is 0 Å². The van der Waals surface area contributed by atoms with Gasteiger partial charge in [0.2, 0.25) is 0 Å². The zero-order valence-electron chi connectivity index (χ0n) is 10.3. The highest BCUT2D eigenvalue weighted by molar-refractivity contribution is 4.99. The molecule has 2 unspecified atom stereocenters. The van der Waals surface area contributed by atoms with Crippen LogP contribution < -0.4 is 5.32 Å². The Morgan fingerprint density at radius 1 is 1.47 bits per heavy atom. The lowest BCUT2D eigenvalue weighted by Crippen LogP contribution is -2.55. The quantitative estimate of drug-likeness (QED) is 0.700. The summed E-state index contributed by atoms with van der Waals surface area (Å²) in [4.78, 5) is 0. The van der Waals surface area contributed by atoms with E-state index in [2.05, 4.69) is 32.7 Å². The summed E-state index contributed by atoms with van der Waals surface area (Å²) in [5.74, 6) is 0.679. The molecule has 2 nitrogen and oxygen atoms in total. The lowest BCUT2D eigenvalue weighted by molar-refractivity contribution is 0.0389. The van der Waals surface area contributed by atoms with Crippen molar-refractivity contribution < 1.29 is 5.11 Å². The minimum Gasteiger partial charge on any atom is -0.394 e. The molecule has 1 rings (SSSR count). The lowest BCUT2D eigenvalue weighted by atomic mass is 9.64. The van der Waals surface area contributed by atoms with Gasteiger partial charge < -0.3 is 10.4 Å². The Kier molecular flexibility index (Phi) is 3.96. The Balaban J connectivity index is 2.74. The molecule has 1 saturated carbocycles. The number of hydrogen-bond donors (Lipinski definition) is 2. The first-order chi connectivity index (χ1) is 6.93. The van der Waals surface area contributed by atoms with Crippen LogP contribution in [0.3, 0.4) is 0 Å². The summed E-state index contributed by atoms with van der Waals surface area (Å²) in [5, 5.41) is 13.1. The van der Waals surface area contributed by atoms with Gasteiger partial charge in [0, 0.05) is 12.1 Å². The van der Waals surface area contributed by atoms with Crippen molar-refractivity contribution in [3.8, 4) is 0 Å². The van der Waals surface area contributed by atoms with E-state index in [1.54, 1.807) is 0 Å². The van der Waals surface area contributed by atoms with Gasteiger partial charge in [0.1, 0.15) is 0 Å². The third-order valence-electron chi connectivity index (χ3n) is 3.38. The van der Waals surface area contributed by atoms with Crippen LogP contribution in [0.1, 0.15) is 40.0 Å². The van der Waals surface area contributed by atoms with Gasteiger partial charge in [-0.25, -0.2) is 0 Å². The van der Waals surface area contributed by atoms with E-state index in [9.17, 15) is 5.11 Å². The van der Waals surface area contributed by atoms with Crippen LogP contribution in [0, 0.1) is 11.3 Å². The third kappa shape index (κ3) is 3.32. The standard InChI is InChI=1S/C13H25NO/c1-5-6-14-13(10-15)8-11(2)7-12(3,4)9-13/h5,11,14-15H,1,6-10H2,2-4H3. The molecular weight excluding hydrogens is 186 g/mol. The topological polar surface area (TPSA) is 32.3 Å². The molecule has 0 aromatic heterocycles. The molecule has 88 valence electrons. The molecule has 1 aliphatic carbocycles. The summed E-state index contributed by atoms with van der Waals surface area (Å²) in [5.41, 5.74) is 0.240. The fourth-order valence-corrected chi connectivity index (χ4v) is 3.34. The Morgan fingerprint density at radius 3 is 2.60 bits per heavy atom. The summed E-state index contributed by atoms with van der Waals surface area (Å²) < 4.78 is 0. The van der Waals surface area contributed by atoms with Gasteiger partial charge in [-0.3, -0.25) is 0 Å². The Bertz CT molecular complexity index is 225. The molecule has 0 saturated heterocycles. The number of rotatable bonds is 4. The molecule has 0 aromatic rings. The highest BCUT2D eigenvalue weighted by Crippen LogP contribution is 2.43. The monoisotopic (exact) mass is 211 g/mol. The van der Waals surface area contributed by atoms with Crippen molar-refractivity contribution in [1.82, 2.24) is 5.32 Å². The van der Waals surface area contributed by atoms with Crippen LogP contribution in [0.5, 0.6) is 0 Å². The van der Waals surface area contributed by atoms with Gasteiger partial charge in [0.15, 0.2) is 0 Å². The van der Waals surface area contributed by atoms with Crippen molar-refractivity contribution in [3.63, 3.8) is 0 Å². The van der Waals surface area contributed by atoms with Crippen LogP contribution in [0.25, 0.3) is 0 Å². The predicted octanol–water partition coefficient (Wildman–Crippen LogP) is 2.34. The molecule has 0 radical (unpaired) electrons. The summed E-state index contributed by atoms with van der Waals surface area (Å²) in [6.45, 7) is 11.6. The van der Waals surface area contributed by atoms with E-state index in [-0.39, 0.29) is 12.1 Å². The van der Waals surface area contributed by atoms with Gasteiger partial charge in [-0.2, -0.15) is 0 Å². The normalized spacial score (nSPS) is 35.1. The zero-order valence-corrected chi connectivity index (χ0v) is 10.3. The number of aliphatic hydroxyl groups excluding tert-OH is 1. The van der Waals surface area contributed by atoms with E-state index in [4.69, 9.17) is 0 Å². The van der Waals surface area contributed by atoms with E-state index in [1.165, 1.54) is 6.42 Å². The van der Waals surface area contributed by atoms with Crippen LogP contribution in [0.2, 0.25) is 0 Å². The van der Waals surface area contributed by atoms with E-state index in [0.717, 1.165) is 19.4 Å². The summed E-state index contributed by atoms with van der Waals surface area (Å²) in [7, 11) is 0. The molecular formula is C13H25NO. The first-order valence-electron chi connectivity index (χ1n) is 5.90. The van der Waals surface area contributed by atoms with Crippen molar-refractivity contribution in [2.75, 3.05) is 13.2 Å². The highest BCUT2D eigenvalue weighted by atomic mass is 16.3. The zero-order chi connectivity index (χ0) is 11.5. The van der Waals surface area contributed by atoms with Gasteiger partial charge in [-0.1, -0.05) is 26.8 Å². The lowest BCUT2D eigenvalue weighted by Gasteiger charge is -2.47. The molecule has 2 N–H and O–H groups in total. The van der Waals surface area contributed by atoms with Crippen LogP contribution in [-0.4, -0.2) is 23.8 Å². The fraction of sp³-hybridized carbons (Fsp3) is 0.846. The molecule has 2 atom stereocenters. The van der Waals surface area contributed by atoms with Crippen LogP contribution in [0.4, 0.5) is 0 Å². The van der Waals surface area contributed by atoms with Crippen molar-refractivity contribution in [3.05, 3.63) is 12.7 Å². The van der Waals surface area contributed by atoms with Crippen molar-refractivity contribution >= 4 is 0 Å². The van der Waals surface area contributed by atoms with E-state index in [0.29, 0.717) is 11.3 Å². The van der Waals surface area contributed by atoms with Crippen LogP contribution >= 0.6 is 0 Å². The highest BCUT2D eigenvalue weighted by Gasteiger charge is 2.41. The van der Waals surface area contributed by atoms with Gasteiger partial charge in [0.25, 0.3) is 0 Å². The summed E-state index contributed by atoms with van der Waals surface area (Å²) in [6.07, 6.45) is 5.24. The molecule has 1 aliphatic rings. The van der Waals surface area contributed by atoms with Crippen LogP contribution in [0.15, 0.2) is 12.7 Å². The second kappa shape index (κ2) is 4.67. The number of nitrogens with one attached hydrogen (secondary N) is 1. The smallest absolute Gasteiger partial charge is 0.0613 e. The van der Waals surface area contributed by atoms with Crippen molar-refractivity contribution in [1.29, 1.82) is 0 Å². The SMILES string of the molecule is C=CCNC1(CO)CC(C)CC(C)(C)C1. The van der Waals surface area contributed by atoms with Gasteiger partial charge in [-0.15, -0.1) is 6.58 Å². The summed E-state index contributed by atoms with van der Waals surface area (Å²) in [6, 6.07) is 0. The maximum atomic E-state index is 9.62. The number of hydrogen-bond acceptors (Lipinski definition) is 2. The average Bonchev–Trinajstić information content (AvgIpc) is 2.11. The molecule has 1 fully saturated rings.